The van der Waals surface area contributed by atoms with Crippen LogP contribution in [0.15, 0.2) is 40.5 Å². The highest BCUT2D eigenvalue weighted by Crippen LogP contribution is 2.45. The average molecular weight is 412 g/mol. The van der Waals surface area contributed by atoms with Crippen molar-refractivity contribution in [1.82, 2.24) is 0 Å². The lowest BCUT2D eigenvalue weighted by Gasteiger charge is -2.36. The van der Waals surface area contributed by atoms with E-state index in [-0.39, 0.29) is 11.8 Å². The Balaban J connectivity index is 2.04. The Bertz CT molecular complexity index is 839. The molecule has 0 aromatic heterocycles. The molecule has 1 saturated carbocycles. The molecule has 0 N–H and O–H groups in total. The molecule has 5 nitrogen and oxygen atoms in total. The minimum absolute atomic E-state index is 0.153. The first kappa shape index (κ1) is 22.3. The summed E-state index contributed by atoms with van der Waals surface area (Å²) in [5.41, 5.74) is 2.93. The quantitative estimate of drug-likeness (QED) is 0.404. The maximum Gasteiger partial charge on any atom is 0.336 e. The Hall–Kier alpha value is -2.43. The van der Waals surface area contributed by atoms with Crippen molar-refractivity contribution in [3.8, 4) is 5.75 Å². The lowest BCUT2D eigenvalue weighted by Crippen LogP contribution is -2.39. The fourth-order valence-electron chi connectivity index (χ4n) is 4.30. The van der Waals surface area contributed by atoms with E-state index in [2.05, 4.69) is 13.8 Å². The van der Waals surface area contributed by atoms with Crippen LogP contribution in [0.5, 0.6) is 5.75 Å². The molecule has 0 saturated heterocycles. The molecule has 162 valence electrons. The number of benzene rings is 1. The molecule has 0 radical (unpaired) electrons. The summed E-state index contributed by atoms with van der Waals surface area (Å²) in [6.45, 7) is 7.02. The standard InChI is InChI=1S/C25H33NO4/c1-4-6-15-29-21-14-9-8-11-18(21)23-22(25(28)30-16-7-5-2)17(3)26-19-12-10-13-20(27)24(19)23/h8-9,11,14,23-24H,4-7,10,12-13,15-16H2,1-3H3/t23-,24?/m0/s1. The van der Waals surface area contributed by atoms with Crippen molar-refractivity contribution < 1.29 is 19.1 Å². The largest absolute Gasteiger partial charge is 0.493 e. The van der Waals surface area contributed by atoms with Gasteiger partial charge in [0.05, 0.1) is 24.7 Å². The zero-order valence-electron chi connectivity index (χ0n) is 18.4. The summed E-state index contributed by atoms with van der Waals surface area (Å²) in [7, 11) is 0. The first-order valence-electron chi connectivity index (χ1n) is 11.3. The molecule has 2 atom stereocenters. The van der Waals surface area contributed by atoms with E-state index >= 15 is 0 Å². The normalized spacial score (nSPS) is 21.2. The number of hydrogen-bond donors (Lipinski definition) is 0. The number of carbonyl (C=O) groups excluding carboxylic acids is 2. The van der Waals surface area contributed by atoms with Gasteiger partial charge in [-0.15, -0.1) is 0 Å². The maximum atomic E-state index is 13.1. The zero-order valence-corrected chi connectivity index (χ0v) is 18.4. The number of carbonyl (C=O) groups is 2. The minimum Gasteiger partial charge on any atom is -0.493 e. The van der Waals surface area contributed by atoms with Gasteiger partial charge in [-0.25, -0.2) is 4.79 Å². The number of ether oxygens (including phenoxy) is 2. The van der Waals surface area contributed by atoms with Gasteiger partial charge in [0.1, 0.15) is 11.5 Å². The molecule has 5 heteroatoms. The summed E-state index contributed by atoms with van der Waals surface area (Å²) >= 11 is 0. The third kappa shape index (κ3) is 4.82. The summed E-state index contributed by atoms with van der Waals surface area (Å²) in [5, 5.41) is 0. The molecule has 1 aliphatic heterocycles. The number of nitrogens with zero attached hydrogens (tertiary/aromatic N) is 1. The Morgan fingerprint density at radius 1 is 1.07 bits per heavy atom. The molecule has 1 aromatic rings. The first-order chi connectivity index (χ1) is 14.6. The van der Waals surface area contributed by atoms with Gasteiger partial charge < -0.3 is 9.47 Å². The number of para-hydroxylation sites is 1. The second-order valence-corrected chi connectivity index (χ2v) is 8.11. The fraction of sp³-hybridized carbons (Fsp3) is 0.560. The van der Waals surface area contributed by atoms with Gasteiger partial charge in [-0.05, 0) is 38.7 Å². The van der Waals surface area contributed by atoms with Gasteiger partial charge in [0, 0.05) is 29.3 Å². The summed E-state index contributed by atoms with van der Waals surface area (Å²) in [6, 6.07) is 7.78. The molecule has 0 bridgehead atoms. The number of fused-ring (bicyclic) bond motifs is 1. The Morgan fingerprint density at radius 3 is 2.57 bits per heavy atom. The van der Waals surface area contributed by atoms with Crippen LogP contribution in [0.4, 0.5) is 0 Å². The van der Waals surface area contributed by atoms with E-state index in [0.29, 0.717) is 30.9 Å². The van der Waals surface area contributed by atoms with Gasteiger partial charge in [-0.2, -0.15) is 0 Å². The lowest BCUT2D eigenvalue weighted by molar-refractivity contribution is -0.139. The number of unbranched alkanes of at least 4 members (excludes halogenated alkanes) is 2. The number of esters is 1. The van der Waals surface area contributed by atoms with Crippen LogP contribution in [-0.2, 0) is 14.3 Å². The van der Waals surface area contributed by atoms with Crippen molar-refractivity contribution >= 4 is 17.5 Å². The molecule has 0 spiro atoms. The molecular weight excluding hydrogens is 378 g/mol. The van der Waals surface area contributed by atoms with E-state index in [9.17, 15) is 9.59 Å². The van der Waals surface area contributed by atoms with Crippen molar-refractivity contribution in [3.63, 3.8) is 0 Å². The van der Waals surface area contributed by atoms with Gasteiger partial charge in [0.15, 0.2) is 0 Å². The number of hydrogen-bond acceptors (Lipinski definition) is 5. The van der Waals surface area contributed by atoms with Crippen LogP contribution in [-0.4, -0.2) is 30.7 Å². The van der Waals surface area contributed by atoms with E-state index in [1.54, 1.807) is 0 Å². The highest BCUT2D eigenvalue weighted by atomic mass is 16.5. The Morgan fingerprint density at radius 2 is 1.80 bits per heavy atom. The molecule has 30 heavy (non-hydrogen) atoms. The Kier molecular flexibility index (Phi) is 7.83. The van der Waals surface area contributed by atoms with Crippen LogP contribution in [0.25, 0.3) is 0 Å². The van der Waals surface area contributed by atoms with Crippen LogP contribution in [0.3, 0.4) is 0 Å². The van der Waals surface area contributed by atoms with Crippen LogP contribution in [0.1, 0.15) is 77.2 Å². The van der Waals surface area contributed by atoms with Gasteiger partial charge in [-0.1, -0.05) is 44.9 Å². The second-order valence-electron chi connectivity index (χ2n) is 8.11. The smallest absolute Gasteiger partial charge is 0.336 e. The molecular formula is C25H33NO4. The molecule has 1 fully saturated rings. The summed E-state index contributed by atoms with van der Waals surface area (Å²) in [6.07, 6.45) is 5.89. The van der Waals surface area contributed by atoms with E-state index in [4.69, 9.17) is 14.5 Å². The van der Waals surface area contributed by atoms with Crippen molar-refractivity contribution in [3.05, 3.63) is 41.1 Å². The van der Waals surface area contributed by atoms with Gasteiger partial charge in [0.2, 0.25) is 0 Å². The third-order valence-corrected chi connectivity index (χ3v) is 5.87. The van der Waals surface area contributed by atoms with E-state index in [1.807, 2.05) is 31.2 Å². The monoisotopic (exact) mass is 411 g/mol. The van der Waals surface area contributed by atoms with Gasteiger partial charge in [-0.3, -0.25) is 9.79 Å². The van der Waals surface area contributed by atoms with Crippen LogP contribution in [0, 0.1) is 5.92 Å². The summed E-state index contributed by atoms with van der Waals surface area (Å²) < 4.78 is 11.7. The van der Waals surface area contributed by atoms with Gasteiger partial charge >= 0.3 is 5.97 Å². The highest BCUT2D eigenvalue weighted by molar-refractivity contribution is 6.11. The van der Waals surface area contributed by atoms with Crippen LogP contribution in [0.2, 0.25) is 0 Å². The number of Topliss-reactive ketones (excluding diaryl/α,β-unsaturated/α-hetero) is 1. The molecule has 2 aliphatic rings. The number of aliphatic imine (C=N–C) groups is 1. The average Bonchev–Trinajstić information content (AvgIpc) is 2.73. The van der Waals surface area contributed by atoms with Crippen molar-refractivity contribution in [2.24, 2.45) is 10.9 Å². The molecule has 0 amide bonds. The van der Waals surface area contributed by atoms with Crippen LogP contribution >= 0.6 is 0 Å². The predicted octanol–water partition coefficient (Wildman–Crippen LogP) is 5.39. The van der Waals surface area contributed by atoms with Crippen molar-refractivity contribution in [2.45, 2.75) is 71.6 Å². The first-order valence-corrected chi connectivity index (χ1v) is 11.3. The van der Waals surface area contributed by atoms with E-state index < -0.39 is 11.8 Å². The zero-order chi connectivity index (χ0) is 21.5. The van der Waals surface area contributed by atoms with Crippen LogP contribution < -0.4 is 4.74 Å². The number of allylic oxidation sites excluding steroid dienone is 1. The SMILES string of the molecule is CCCCOC(=O)C1=C(C)N=C2CCCC(=O)C2[C@H]1c1ccccc1OCCCC. The second kappa shape index (κ2) is 10.6. The number of ketones is 1. The maximum absolute atomic E-state index is 13.1. The molecule has 1 aliphatic carbocycles. The highest BCUT2D eigenvalue weighted by Gasteiger charge is 2.44. The molecule has 1 unspecified atom stereocenters. The van der Waals surface area contributed by atoms with E-state index in [1.165, 1.54) is 0 Å². The topological polar surface area (TPSA) is 65.0 Å². The van der Waals surface area contributed by atoms with E-state index in [0.717, 1.165) is 55.5 Å². The number of rotatable bonds is 9. The molecule has 1 heterocycles. The molecule has 3 rings (SSSR count). The summed E-state index contributed by atoms with van der Waals surface area (Å²) in [5.74, 6) is -0.290. The van der Waals surface area contributed by atoms with Gasteiger partial charge in [0.25, 0.3) is 0 Å². The van der Waals surface area contributed by atoms with Crippen molar-refractivity contribution in [2.75, 3.05) is 13.2 Å². The predicted molar refractivity (Wildman–Crippen MR) is 118 cm³/mol. The third-order valence-electron chi connectivity index (χ3n) is 5.87. The molecule has 1 aromatic carbocycles. The Labute approximate surface area is 179 Å². The lowest BCUT2D eigenvalue weighted by atomic mass is 9.69. The van der Waals surface area contributed by atoms with Crippen molar-refractivity contribution in [1.29, 1.82) is 0 Å². The summed E-state index contributed by atoms with van der Waals surface area (Å²) in [4.78, 5) is 30.8. The minimum atomic E-state index is -0.410. The fourth-order valence-corrected chi connectivity index (χ4v) is 4.30.